The van der Waals surface area contributed by atoms with Gasteiger partial charge in [0, 0.05) is 50.4 Å². The van der Waals surface area contributed by atoms with Gasteiger partial charge in [-0.1, -0.05) is 258 Å². The molecule has 0 saturated heterocycles. The Morgan fingerprint density at radius 3 is 0.979 bits per heavy atom. The van der Waals surface area contributed by atoms with Crippen LogP contribution in [-0.2, 0) is 38.1 Å². The van der Waals surface area contributed by atoms with Crippen LogP contribution in [0.3, 0.4) is 0 Å². The van der Waals surface area contributed by atoms with Gasteiger partial charge in [0.25, 0.3) is 10.5 Å². The highest BCUT2D eigenvalue weighted by molar-refractivity contribution is 8.13. The summed E-state index contributed by atoms with van der Waals surface area (Å²) < 4.78 is 22.8. The monoisotopic (exact) mass is 1370 g/mol. The quantitative estimate of drug-likeness (QED) is 0.0246. The molecule has 0 atom stereocenters. The van der Waals surface area contributed by atoms with Crippen molar-refractivity contribution in [1.29, 1.82) is 0 Å². The molecule has 0 N–H and O–H groups in total. The van der Waals surface area contributed by atoms with E-state index in [1.807, 2.05) is 17.1 Å². The summed E-state index contributed by atoms with van der Waals surface area (Å²) in [5.41, 5.74) is 0. The summed E-state index contributed by atoms with van der Waals surface area (Å²) >= 11 is 2.61. The van der Waals surface area contributed by atoms with Crippen molar-refractivity contribution >= 4 is 57.9 Å². The summed E-state index contributed by atoms with van der Waals surface area (Å²) in [5, 5.41) is -0.0918. The zero-order valence-corrected chi connectivity index (χ0v) is 64.4. The van der Waals surface area contributed by atoms with Crippen molar-refractivity contribution in [2.45, 2.75) is 351 Å². The lowest BCUT2D eigenvalue weighted by molar-refractivity contribution is -0.151. The molecule has 0 aromatic heterocycles. The Morgan fingerprint density at radius 2 is 0.628 bits per heavy atom. The summed E-state index contributed by atoms with van der Waals surface area (Å²) in [7, 11) is 0. The number of nitrogens with zero attached hydrogens (tertiary/aromatic N) is 4. The second-order valence-corrected chi connectivity index (χ2v) is 27.8. The van der Waals surface area contributed by atoms with Gasteiger partial charge in [-0.2, -0.15) is 0 Å². The van der Waals surface area contributed by atoms with E-state index < -0.39 is 0 Å². The second kappa shape index (κ2) is 72.7. The maximum absolute atomic E-state index is 13.2. The van der Waals surface area contributed by atoms with Crippen LogP contribution in [0, 0.1) is 0 Å². The lowest BCUT2D eigenvalue weighted by Gasteiger charge is -2.24. The summed E-state index contributed by atoms with van der Waals surface area (Å²) in [6.07, 6.45) is 51.5. The van der Waals surface area contributed by atoms with Crippen molar-refractivity contribution in [3.63, 3.8) is 0 Å². The largest absolute Gasteiger partial charge is 0.462 e. The summed E-state index contributed by atoms with van der Waals surface area (Å²) in [4.78, 5) is 85.3. The van der Waals surface area contributed by atoms with Crippen molar-refractivity contribution in [2.24, 2.45) is 0 Å². The Bertz CT molecular complexity index is 1770. The van der Waals surface area contributed by atoms with Gasteiger partial charge in [-0.15, -0.1) is 0 Å². The Hall–Kier alpha value is -3.08. The molecule has 94 heavy (non-hydrogen) atoms. The summed E-state index contributed by atoms with van der Waals surface area (Å²) in [6, 6.07) is 0. The van der Waals surface area contributed by atoms with Crippen molar-refractivity contribution in [1.82, 2.24) is 19.6 Å². The average molecular weight is 1370 g/mol. The van der Waals surface area contributed by atoms with E-state index in [-0.39, 0.29) is 72.6 Å². The highest BCUT2D eigenvalue weighted by Crippen LogP contribution is 2.21. The Balaban J connectivity index is 0. The molecule has 552 valence electrons. The van der Waals surface area contributed by atoms with Gasteiger partial charge in [0.05, 0.1) is 0 Å². The first kappa shape index (κ1) is 93.0. The molecule has 0 heterocycles. The number of rotatable bonds is 66. The molecule has 0 saturated carbocycles. The lowest BCUT2D eigenvalue weighted by atomic mass is 10.0. The average Bonchev–Trinajstić information content (AvgIpc) is 3.47. The fourth-order valence-corrected chi connectivity index (χ4v) is 12.8. The maximum Gasteiger partial charge on any atom is 0.325 e. The van der Waals surface area contributed by atoms with E-state index in [2.05, 4.69) is 91.2 Å². The van der Waals surface area contributed by atoms with Crippen LogP contribution in [0.15, 0.2) is 24.3 Å². The molecule has 14 nitrogen and oxygen atoms in total. The number of carbonyl (C=O) groups excluding carboxylic acids is 6. The molecule has 0 spiro atoms. The Morgan fingerprint density at radius 1 is 0.319 bits per heavy atom. The zero-order valence-electron chi connectivity index (χ0n) is 62.7. The van der Waals surface area contributed by atoms with E-state index in [0.29, 0.717) is 57.7 Å². The van der Waals surface area contributed by atoms with Gasteiger partial charge in [0.1, 0.15) is 32.0 Å². The van der Waals surface area contributed by atoms with Gasteiger partial charge in [-0.25, -0.2) is 0 Å². The smallest absolute Gasteiger partial charge is 0.325 e. The molecule has 0 unspecified atom stereocenters. The number of hydrogen-bond acceptors (Lipinski definition) is 14. The first-order valence-electron chi connectivity index (χ1n) is 39.1. The van der Waals surface area contributed by atoms with Crippen molar-refractivity contribution in [2.75, 3.05) is 90.2 Å². The fourth-order valence-electron chi connectivity index (χ4n) is 11.2. The van der Waals surface area contributed by atoms with Gasteiger partial charge >= 0.3 is 23.9 Å². The number of ether oxygens (including phenoxy) is 4. The molecule has 0 aliphatic rings. The summed E-state index contributed by atoms with van der Waals surface area (Å²) in [5.74, 6) is 0.469. The standard InChI is InChI=1S/C40H76N2O5S.C38H72N2O5S/c1-6-11-14-17-18-21-24-35-46-38(43)30-25-33-42(40(45)48-36-27-32-41(9-4)10-5)34-26-31-39(44)47-37(28-22-19-15-12-7-2)29-23-20-16-13-8-3;1-6-11-14-17-18-21-24-32-44-36(41)29-25-31-40(38(43)46-33-26-30-39(9-4)10-5)34-37(42)45-35(27-22-19-15-12-7-2)28-23-20-16-13-8-3/h21,24,37H,6-20,22-23,25-36H2,1-5H3;21,24,35H,6-20,22-23,25-34H2,1-5H3/b2*24-21-. The third-order valence-corrected chi connectivity index (χ3v) is 19.3. The molecule has 16 heteroatoms. The van der Waals surface area contributed by atoms with Crippen LogP contribution in [0.25, 0.3) is 0 Å². The molecule has 0 aromatic carbocycles. The molecule has 0 radical (unpaired) electrons. The van der Waals surface area contributed by atoms with E-state index in [9.17, 15) is 28.8 Å². The number of carbonyl (C=O) groups is 6. The predicted octanol–water partition coefficient (Wildman–Crippen LogP) is 21.5. The first-order chi connectivity index (χ1) is 45.8. The van der Waals surface area contributed by atoms with Crippen molar-refractivity contribution in [3.05, 3.63) is 24.3 Å². The zero-order chi connectivity index (χ0) is 69.6. The van der Waals surface area contributed by atoms with Crippen molar-refractivity contribution in [3.8, 4) is 0 Å². The van der Waals surface area contributed by atoms with Crippen LogP contribution in [0.4, 0.5) is 9.59 Å². The number of esters is 4. The van der Waals surface area contributed by atoms with E-state index in [0.717, 1.165) is 141 Å². The minimum Gasteiger partial charge on any atom is -0.462 e. The van der Waals surface area contributed by atoms with E-state index >= 15 is 0 Å². The van der Waals surface area contributed by atoms with Gasteiger partial charge in [-0.05, 0) is 148 Å². The van der Waals surface area contributed by atoms with Crippen LogP contribution in [0.1, 0.15) is 339 Å². The second-order valence-electron chi connectivity index (χ2n) is 25.8. The fraction of sp³-hybridized carbons (Fsp3) is 0.872. The number of allylic oxidation sites excluding steroid dienone is 2. The number of unbranched alkanes of at least 4 members (excludes halogenated alkanes) is 24. The van der Waals surface area contributed by atoms with Gasteiger partial charge in [0.15, 0.2) is 0 Å². The third-order valence-electron chi connectivity index (χ3n) is 17.3. The van der Waals surface area contributed by atoms with Gasteiger partial charge in [0.2, 0.25) is 0 Å². The van der Waals surface area contributed by atoms with Crippen LogP contribution < -0.4 is 0 Å². The van der Waals surface area contributed by atoms with Gasteiger partial charge < -0.3 is 38.5 Å². The van der Waals surface area contributed by atoms with Crippen LogP contribution in [0.2, 0.25) is 0 Å². The van der Waals surface area contributed by atoms with E-state index in [1.165, 1.54) is 158 Å². The normalized spacial score (nSPS) is 11.6. The number of amides is 2. The highest BCUT2D eigenvalue weighted by atomic mass is 32.2. The molecule has 0 aliphatic heterocycles. The lowest BCUT2D eigenvalue weighted by Crippen LogP contribution is -2.36. The minimum absolute atomic E-state index is 0.00164. The molecule has 0 aliphatic carbocycles. The maximum atomic E-state index is 13.2. The van der Waals surface area contributed by atoms with E-state index in [4.69, 9.17) is 18.9 Å². The third kappa shape index (κ3) is 62.4. The summed E-state index contributed by atoms with van der Waals surface area (Å²) in [6.45, 7) is 29.7. The Labute approximate surface area is 587 Å². The van der Waals surface area contributed by atoms with E-state index in [1.54, 1.807) is 4.90 Å². The predicted molar refractivity (Wildman–Crippen MR) is 402 cm³/mol. The topological polar surface area (TPSA) is 152 Å². The first-order valence-corrected chi connectivity index (χ1v) is 41.1. The minimum atomic E-state index is -0.337. The molecule has 0 bridgehead atoms. The molecule has 0 aromatic rings. The molecular formula is C78H148N4O10S2. The van der Waals surface area contributed by atoms with Crippen molar-refractivity contribution < 1.29 is 47.7 Å². The van der Waals surface area contributed by atoms with Crippen LogP contribution in [-0.4, -0.2) is 156 Å². The highest BCUT2D eigenvalue weighted by Gasteiger charge is 2.23. The molecular weight excluding hydrogens is 1220 g/mol. The van der Waals surface area contributed by atoms with Crippen LogP contribution >= 0.6 is 23.5 Å². The van der Waals surface area contributed by atoms with Gasteiger partial charge in [-0.3, -0.25) is 28.8 Å². The molecule has 2 amide bonds. The number of hydrogen-bond donors (Lipinski definition) is 0. The SMILES string of the molecule is CCCCCC/C=C\COC(=O)CCCN(CC(=O)OC(CCCCCCC)CCCCCCC)C(=O)SCCCN(CC)CC.CCCCCC/C=C\COC(=O)CCCN(CCCC(=O)OC(CCCCCCC)CCCCCCC)C(=O)SCCCN(CC)CC. The molecule has 0 fully saturated rings. The number of thioether (sulfide) groups is 2. The van der Waals surface area contributed by atoms with Crippen LogP contribution in [0.5, 0.6) is 0 Å². The molecule has 0 rings (SSSR count). The Kier molecular flexibility index (Phi) is 71.9.